The second-order valence-electron chi connectivity index (χ2n) is 7.51. The largest absolute Gasteiger partial charge is 0.495 e. The molecule has 0 bridgehead atoms. The van der Waals surface area contributed by atoms with E-state index in [1.165, 1.54) is 0 Å². The number of rotatable bonds is 6. The molecule has 0 unspecified atom stereocenters. The monoisotopic (exact) mass is 414 g/mol. The van der Waals surface area contributed by atoms with Crippen LogP contribution in [0.15, 0.2) is 42.5 Å². The molecular formula is C23H27ClN2O3. The molecule has 29 heavy (non-hydrogen) atoms. The number of hydrogen-bond donors (Lipinski definition) is 1. The minimum Gasteiger partial charge on any atom is -0.495 e. The molecule has 0 saturated carbocycles. The number of piperidine rings is 1. The maximum atomic E-state index is 12.9. The van der Waals surface area contributed by atoms with Gasteiger partial charge in [0.2, 0.25) is 5.91 Å². The highest BCUT2D eigenvalue weighted by Crippen LogP contribution is 2.28. The van der Waals surface area contributed by atoms with Crippen molar-refractivity contribution >= 4 is 29.1 Å². The van der Waals surface area contributed by atoms with Crippen molar-refractivity contribution in [3.8, 4) is 5.75 Å². The molecule has 1 aliphatic heterocycles. The minimum absolute atomic E-state index is 0.0760. The number of carbonyl (C=O) groups excluding carboxylic acids is 2. The molecule has 0 spiro atoms. The third kappa shape index (κ3) is 5.51. The Balaban J connectivity index is 1.54. The number of anilines is 1. The summed E-state index contributed by atoms with van der Waals surface area (Å²) in [6, 6.07) is 12.8. The highest BCUT2D eigenvalue weighted by molar-refractivity contribution is 6.31. The van der Waals surface area contributed by atoms with Gasteiger partial charge in [-0.05, 0) is 61.9 Å². The molecule has 5 nitrogen and oxygen atoms in total. The van der Waals surface area contributed by atoms with E-state index in [1.54, 1.807) is 25.3 Å². The quantitative estimate of drug-likeness (QED) is 0.729. The third-order valence-electron chi connectivity index (χ3n) is 5.40. The van der Waals surface area contributed by atoms with Crippen LogP contribution in [0.1, 0.15) is 41.6 Å². The lowest BCUT2D eigenvalue weighted by molar-refractivity contribution is -0.116. The number of likely N-dealkylation sites (tertiary alicyclic amines) is 1. The van der Waals surface area contributed by atoms with Crippen molar-refractivity contribution in [2.45, 2.75) is 32.6 Å². The lowest BCUT2D eigenvalue weighted by Gasteiger charge is -2.33. The van der Waals surface area contributed by atoms with E-state index in [4.69, 9.17) is 16.3 Å². The van der Waals surface area contributed by atoms with E-state index in [-0.39, 0.29) is 11.8 Å². The van der Waals surface area contributed by atoms with Crippen LogP contribution in [0.25, 0.3) is 0 Å². The summed E-state index contributed by atoms with van der Waals surface area (Å²) in [6.07, 6.45) is 3.14. The zero-order valence-electron chi connectivity index (χ0n) is 16.9. The standard InChI is InChI=1S/C23H27ClN2O3/c1-16-6-3-4-8-19(16)23(28)26-13-5-7-17(15-26)9-12-22(27)25-20-14-18(24)10-11-21(20)29-2/h3-4,6,8,10-11,14,17H,5,7,9,12-13,15H2,1-2H3,(H,25,27)/t17-/m0/s1. The van der Waals surface area contributed by atoms with Gasteiger partial charge in [0.1, 0.15) is 5.75 Å². The highest BCUT2D eigenvalue weighted by atomic mass is 35.5. The van der Waals surface area contributed by atoms with Crippen LogP contribution in [-0.4, -0.2) is 36.9 Å². The molecular weight excluding hydrogens is 388 g/mol. The summed E-state index contributed by atoms with van der Waals surface area (Å²) in [5.41, 5.74) is 2.33. The molecule has 1 aliphatic rings. The van der Waals surface area contributed by atoms with Crippen molar-refractivity contribution in [3.63, 3.8) is 0 Å². The van der Waals surface area contributed by atoms with Crippen LogP contribution in [0.3, 0.4) is 0 Å². The van der Waals surface area contributed by atoms with E-state index in [0.717, 1.165) is 36.9 Å². The second-order valence-corrected chi connectivity index (χ2v) is 7.94. The fraction of sp³-hybridized carbons (Fsp3) is 0.391. The van der Waals surface area contributed by atoms with Crippen molar-refractivity contribution in [3.05, 3.63) is 58.6 Å². The Morgan fingerprint density at radius 1 is 1.24 bits per heavy atom. The summed E-state index contributed by atoms with van der Waals surface area (Å²) < 4.78 is 5.27. The van der Waals surface area contributed by atoms with Gasteiger partial charge in [-0.2, -0.15) is 0 Å². The van der Waals surface area contributed by atoms with Crippen LogP contribution in [0, 0.1) is 12.8 Å². The summed E-state index contributed by atoms with van der Waals surface area (Å²) in [7, 11) is 1.56. The predicted octanol–water partition coefficient (Wildman–Crippen LogP) is 4.93. The Kier molecular flexibility index (Phi) is 7.15. The Labute approximate surface area is 177 Å². The van der Waals surface area contributed by atoms with Gasteiger partial charge in [0.25, 0.3) is 5.91 Å². The van der Waals surface area contributed by atoms with Crippen LogP contribution in [-0.2, 0) is 4.79 Å². The number of nitrogens with one attached hydrogen (secondary N) is 1. The van der Waals surface area contributed by atoms with Gasteiger partial charge in [-0.15, -0.1) is 0 Å². The van der Waals surface area contributed by atoms with Crippen molar-refractivity contribution in [1.82, 2.24) is 4.90 Å². The molecule has 0 radical (unpaired) electrons. The number of ether oxygens (including phenoxy) is 1. The first-order valence-electron chi connectivity index (χ1n) is 9.96. The van der Waals surface area contributed by atoms with Crippen LogP contribution in [0.4, 0.5) is 5.69 Å². The van der Waals surface area contributed by atoms with E-state index in [9.17, 15) is 9.59 Å². The first-order chi connectivity index (χ1) is 14.0. The molecule has 0 aromatic heterocycles. The zero-order chi connectivity index (χ0) is 20.8. The Hall–Kier alpha value is -2.53. The average Bonchev–Trinajstić information content (AvgIpc) is 2.72. The van der Waals surface area contributed by atoms with Crippen LogP contribution in [0.2, 0.25) is 5.02 Å². The SMILES string of the molecule is COc1ccc(Cl)cc1NC(=O)CC[C@@H]1CCCN(C(=O)c2ccccc2C)C1. The third-order valence-corrected chi connectivity index (χ3v) is 5.63. The second kappa shape index (κ2) is 9.79. The number of amides is 2. The summed E-state index contributed by atoms with van der Waals surface area (Å²) in [5.74, 6) is 0.910. The number of benzene rings is 2. The molecule has 1 fully saturated rings. The summed E-state index contributed by atoms with van der Waals surface area (Å²) >= 11 is 6.02. The fourth-order valence-corrected chi connectivity index (χ4v) is 3.97. The zero-order valence-corrected chi connectivity index (χ0v) is 17.7. The normalized spacial score (nSPS) is 16.4. The summed E-state index contributed by atoms with van der Waals surface area (Å²) in [5, 5.41) is 3.42. The molecule has 6 heteroatoms. The predicted molar refractivity (Wildman–Crippen MR) is 116 cm³/mol. The maximum Gasteiger partial charge on any atom is 0.254 e. The lowest BCUT2D eigenvalue weighted by Crippen LogP contribution is -2.40. The summed E-state index contributed by atoms with van der Waals surface area (Å²) in [6.45, 7) is 3.43. The lowest BCUT2D eigenvalue weighted by atomic mass is 9.92. The van der Waals surface area contributed by atoms with Crippen LogP contribution >= 0.6 is 11.6 Å². The fourth-order valence-electron chi connectivity index (χ4n) is 3.79. The Morgan fingerprint density at radius 2 is 2.03 bits per heavy atom. The molecule has 0 aliphatic carbocycles. The molecule has 154 valence electrons. The minimum atomic E-state index is -0.0760. The molecule has 2 aromatic carbocycles. The van der Waals surface area contributed by atoms with Gasteiger partial charge < -0.3 is 15.0 Å². The van der Waals surface area contributed by atoms with E-state index < -0.39 is 0 Å². The van der Waals surface area contributed by atoms with Crippen molar-refractivity contribution < 1.29 is 14.3 Å². The van der Waals surface area contributed by atoms with E-state index in [1.807, 2.05) is 36.1 Å². The number of hydrogen-bond acceptors (Lipinski definition) is 3. The molecule has 2 aromatic rings. The van der Waals surface area contributed by atoms with Gasteiger partial charge in [0.15, 0.2) is 0 Å². The molecule has 1 N–H and O–H groups in total. The molecule has 1 saturated heterocycles. The van der Waals surface area contributed by atoms with Gasteiger partial charge in [0.05, 0.1) is 12.8 Å². The maximum absolute atomic E-state index is 12.9. The van der Waals surface area contributed by atoms with E-state index in [2.05, 4.69) is 5.32 Å². The number of aryl methyl sites for hydroxylation is 1. The molecule has 2 amide bonds. The number of nitrogens with zero attached hydrogens (tertiary/aromatic N) is 1. The Bertz CT molecular complexity index is 884. The molecule has 3 rings (SSSR count). The van der Waals surface area contributed by atoms with Crippen LogP contribution < -0.4 is 10.1 Å². The van der Waals surface area contributed by atoms with Crippen LogP contribution in [0.5, 0.6) is 5.75 Å². The number of methoxy groups -OCH3 is 1. The molecule has 1 atom stereocenters. The first kappa shape index (κ1) is 21.2. The molecule has 1 heterocycles. The van der Waals surface area contributed by atoms with Crippen molar-refractivity contribution in [2.24, 2.45) is 5.92 Å². The van der Waals surface area contributed by atoms with Gasteiger partial charge in [-0.25, -0.2) is 0 Å². The Morgan fingerprint density at radius 3 is 2.79 bits per heavy atom. The highest BCUT2D eigenvalue weighted by Gasteiger charge is 2.25. The van der Waals surface area contributed by atoms with Gasteiger partial charge in [0, 0.05) is 30.1 Å². The van der Waals surface area contributed by atoms with Crippen molar-refractivity contribution in [1.29, 1.82) is 0 Å². The first-order valence-corrected chi connectivity index (χ1v) is 10.3. The van der Waals surface area contributed by atoms with Gasteiger partial charge in [-0.3, -0.25) is 9.59 Å². The average molecular weight is 415 g/mol. The van der Waals surface area contributed by atoms with E-state index in [0.29, 0.717) is 35.3 Å². The summed E-state index contributed by atoms with van der Waals surface area (Å²) in [4.78, 5) is 27.2. The number of carbonyl (C=O) groups is 2. The van der Waals surface area contributed by atoms with Gasteiger partial charge >= 0.3 is 0 Å². The van der Waals surface area contributed by atoms with Crippen molar-refractivity contribution in [2.75, 3.05) is 25.5 Å². The smallest absolute Gasteiger partial charge is 0.254 e. The van der Waals surface area contributed by atoms with E-state index >= 15 is 0 Å². The number of halogens is 1. The van der Waals surface area contributed by atoms with Gasteiger partial charge in [-0.1, -0.05) is 29.8 Å². The topological polar surface area (TPSA) is 58.6 Å².